The summed E-state index contributed by atoms with van der Waals surface area (Å²) in [5, 5.41) is 20.7. The van der Waals surface area contributed by atoms with Crippen molar-refractivity contribution in [2.45, 2.75) is 13.0 Å². The van der Waals surface area contributed by atoms with Crippen molar-refractivity contribution in [2.75, 3.05) is 19.7 Å². The van der Waals surface area contributed by atoms with Gasteiger partial charge in [0, 0.05) is 32.2 Å². The van der Waals surface area contributed by atoms with E-state index in [-0.39, 0.29) is 24.1 Å². The van der Waals surface area contributed by atoms with Crippen LogP contribution in [0.5, 0.6) is 0 Å². The van der Waals surface area contributed by atoms with Crippen LogP contribution in [0.3, 0.4) is 0 Å². The van der Waals surface area contributed by atoms with Crippen molar-refractivity contribution in [1.82, 2.24) is 10.2 Å². The molecule has 0 radical (unpaired) electrons. The normalized spacial score (nSPS) is 18.1. The first kappa shape index (κ1) is 14.3. The summed E-state index contributed by atoms with van der Waals surface area (Å²) in [5.74, 6) is -0.820. The van der Waals surface area contributed by atoms with Crippen molar-refractivity contribution in [3.63, 3.8) is 0 Å². The molecule has 1 saturated heterocycles. The standard InChI is InChI=1S/C14H18N2O4/c17-9-11-4-5-16(8-11)14(20)15-7-10-2-1-3-12(6-10)13(18)19/h1-3,6,11,17H,4-5,7-9H2,(H,15,20)(H,18,19). The summed E-state index contributed by atoms with van der Waals surface area (Å²) in [5.41, 5.74) is 0.953. The highest BCUT2D eigenvalue weighted by atomic mass is 16.4. The third kappa shape index (κ3) is 3.48. The van der Waals surface area contributed by atoms with E-state index >= 15 is 0 Å². The van der Waals surface area contributed by atoms with Crippen LogP contribution in [-0.4, -0.2) is 46.8 Å². The molecule has 0 bridgehead atoms. The zero-order valence-corrected chi connectivity index (χ0v) is 11.1. The Bertz CT molecular complexity index is 504. The van der Waals surface area contributed by atoms with Crippen LogP contribution in [0.4, 0.5) is 4.79 Å². The number of rotatable bonds is 4. The molecule has 0 aliphatic carbocycles. The van der Waals surface area contributed by atoms with Crippen LogP contribution in [0.2, 0.25) is 0 Å². The Hall–Kier alpha value is -2.08. The molecule has 1 aliphatic rings. The number of hydrogen-bond acceptors (Lipinski definition) is 3. The maximum absolute atomic E-state index is 11.9. The van der Waals surface area contributed by atoms with E-state index in [1.54, 1.807) is 23.1 Å². The van der Waals surface area contributed by atoms with Crippen LogP contribution in [0, 0.1) is 5.92 Å². The number of carbonyl (C=O) groups excluding carboxylic acids is 1. The first-order valence-electron chi connectivity index (χ1n) is 6.56. The number of aliphatic hydroxyl groups is 1. The highest BCUT2D eigenvalue weighted by Gasteiger charge is 2.25. The topological polar surface area (TPSA) is 89.9 Å². The lowest BCUT2D eigenvalue weighted by Gasteiger charge is -2.17. The number of aliphatic hydroxyl groups excluding tert-OH is 1. The predicted molar refractivity (Wildman–Crippen MR) is 72.4 cm³/mol. The van der Waals surface area contributed by atoms with Gasteiger partial charge in [-0.25, -0.2) is 9.59 Å². The Morgan fingerprint density at radius 3 is 2.85 bits per heavy atom. The van der Waals surface area contributed by atoms with E-state index < -0.39 is 5.97 Å². The maximum Gasteiger partial charge on any atom is 0.335 e. The average Bonchev–Trinajstić information content (AvgIpc) is 2.94. The van der Waals surface area contributed by atoms with Gasteiger partial charge in [0.15, 0.2) is 0 Å². The summed E-state index contributed by atoms with van der Waals surface area (Å²) in [6.45, 7) is 1.61. The van der Waals surface area contributed by atoms with Gasteiger partial charge in [0.2, 0.25) is 0 Å². The second-order valence-electron chi connectivity index (χ2n) is 4.95. The molecule has 6 heteroatoms. The van der Waals surface area contributed by atoms with Crippen molar-refractivity contribution < 1.29 is 19.8 Å². The van der Waals surface area contributed by atoms with Gasteiger partial charge in [-0.1, -0.05) is 12.1 Å². The third-order valence-corrected chi connectivity index (χ3v) is 3.45. The molecule has 1 fully saturated rings. The van der Waals surface area contributed by atoms with E-state index in [2.05, 4.69) is 5.32 Å². The van der Waals surface area contributed by atoms with Crippen LogP contribution in [0.1, 0.15) is 22.3 Å². The average molecular weight is 278 g/mol. The lowest BCUT2D eigenvalue weighted by Crippen LogP contribution is -2.38. The highest BCUT2D eigenvalue weighted by Crippen LogP contribution is 2.15. The summed E-state index contributed by atoms with van der Waals surface area (Å²) in [6, 6.07) is 6.31. The molecule has 108 valence electrons. The molecule has 1 unspecified atom stereocenters. The monoisotopic (exact) mass is 278 g/mol. The first-order chi connectivity index (χ1) is 9.60. The number of carboxylic acids is 1. The van der Waals surface area contributed by atoms with Gasteiger partial charge in [0.1, 0.15) is 0 Å². The lowest BCUT2D eigenvalue weighted by atomic mass is 10.1. The molecule has 6 nitrogen and oxygen atoms in total. The van der Waals surface area contributed by atoms with Crippen LogP contribution in [-0.2, 0) is 6.54 Å². The van der Waals surface area contributed by atoms with Gasteiger partial charge >= 0.3 is 12.0 Å². The summed E-state index contributed by atoms with van der Waals surface area (Å²) < 4.78 is 0. The SMILES string of the molecule is O=C(O)c1cccc(CNC(=O)N2CCC(CO)C2)c1. The van der Waals surface area contributed by atoms with Crippen molar-refractivity contribution in [2.24, 2.45) is 5.92 Å². The molecular formula is C14H18N2O4. The Morgan fingerprint density at radius 1 is 1.40 bits per heavy atom. The number of carboxylic acid groups (broad SMARTS) is 1. The summed E-state index contributed by atoms with van der Waals surface area (Å²) >= 11 is 0. The van der Waals surface area contributed by atoms with Crippen molar-refractivity contribution >= 4 is 12.0 Å². The minimum atomic E-state index is -0.983. The summed E-state index contributed by atoms with van der Waals surface area (Å²) in [4.78, 5) is 24.4. The van der Waals surface area contributed by atoms with E-state index in [0.29, 0.717) is 19.6 Å². The van der Waals surface area contributed by atoms with Gasteiger partial charge in [-0.05, 0) is 24.1 Å². The van der Waals surface area contributed by atoms with Gasteiger partial charge in [-0.3, -0.25) is 0 Å². The van der Waals surface area contributed by atoms with Crippen LogP contribution in [0.25, 0.3) is 0 Å². The number of aromatic carboxylic acids is 1. The number of amides is 2. The summed E-state index contributed by atoms with van der Waals surface area (Å²) in [6.07, 6.45) is 0.818. The lowest BCUT2D eigenvalue weighted by molar-refractivity contribution is 0.0696. The Balaban J connectivity index is 1.87. The van der Waals surface area contributed by atoms with E-state index in [1.807, 2.05) is 0 Å². The zero-order chi connectivity index (χ0) is 14.5. The van der Waals surface area contributed by atoms with Crippen LogP contribution in [0.15, 0.2) is 24.3 Å². The van der Waals surface area contributed by atoms with Crippen molar-refractivity contribution in [1.29, 1.82) is 0 Å². The minimum Gasteiger partial charge on any atom is -0.478 e. The Labute approximate surface area is 117 Å². The molecular weight excluding hydrogens is 260 g/mol. The fraction of sp³-hybridized carbons (Fsp3) is 0.429. The van der Waals surface area contributed by atoms with Gasteiger partial charge in [-0.2, -0.15) is 0 Å². The second-order valence-corrected chi connectivity index (χ2v) is 4.95. The molecule has 3 N–H and O–H groups in total. The van der Waals surface area contributed by atoms with Crippen molar-refractivity contribution in [3.05, 3.63) is 35.4 Å². The number of carbonyl (C=O) groups is 2. The smallest absolute Gasteiger partial charge is 0.335 e. The third-order valence-electron chi connectivity index (χ3n) is 3.45. The second kappa shape index (κ2) is 6.38. The van der Waals surface area contributed by atoms with Gasteiger partial charge in [0.05, 0.1) is 5.56 Å². The predicted octanol–water partition coefficient (Wildman–Crippen LogP) is 0.909. The Kier molecular flexibility index (Phi) is 4.57. The van der Waals surface area contributed by atoms with E-state index in [9.17, 15) is 9.59 Å². The molecule has 1 aromatic rings. The number of nitrogens with zero attached hydrogens (tertiary/aromatic N) is 1. The number of likely N-dealkylation sites (tertiary alicyclic amines) is 1. The van der Waals surface area contributed by atoms with E-state index in [4.69, 9.17) is 10.2 Å². The first-order valence-corrected chi connectivity index (χ1v) is 6.56. The number of hydrogen-bond donors (Lipinski definition) is 3. The molecule has 1 heterocycles. The molecule has 0 spiro atoms. The van der Waals surface area contributed by atoms with Crippen LogP contribution < -0.4 is 5.32 Å². The molecule has 1 atom stereocenters. The quantitative estimate of drug-likeness (QED) is 0.763. The molecule has 1 aromatic carbocycles. The van der Waals surface area contributed by atoms with E-state index in [1.165, 1.54) is 6.07 Å². The fourth-order valence-corrected chi connectivity index (χ4v) is 2.27. The van der Waals surface area contributed by atoms with Gasteiger partial charge in [-0.15, -0.1) is 0 Å². The number of urea groups is 1. The molecule has 0 saturated carbocycles. The van der Waals surface area contributed by atoms with Gasteiger partial charge < -0.3 is 20.4 Å². The van der Waals surface area contributed by atoms with E-state index in [0.717, 1.165) is 12.0 Å². The molecule has 2 rings (SSSR count). The fourth-order valence-electron chi connectivity index (χ4n) is 2.27. The summed E-state index contributed by atoms with van der Waals surface area (Å²) in [7, 11) is 0. The zero-order valence-electron chi connectivity index (χ0n) is 11.1. The maximum atomic E-state index is 11.9. The molecule has 1 aliphatic heterocycles. The molecule has 20 heavy (non-hydrogen) atoms. The molecule has 0 aromatic heterocycles. The highest BCUT2D eigenvalue weighted by molar-refractivity contribution is 5.87. The van der Waals surface area contributed by atoms with Crippen molar-refractivity contribution in [3.8, 4) is 0 Å². The Morgan fingerprint density at radius 2 is 2.20 bits per heavy atom. The molecule has 2 amide bonds. The largest absolute Gasteiger partial charge is 0.478 e. The minimum absolute atomic E-state index is 0.102. The number of nitrogens with one attached hydrogen (secondary N) is 1. The number of benzene rings is 1. The van der Waals surface area contributed by atoms with Gasteiger partial charge in [0.25, 0.3) is 0 Å². The van der Waals surface area contributed by atoms with Crippen LogP contribution >= 0.6 is 0 Å².